The molecule has 1 aromatic rings. The minimum absolute atomic E-state index is 0.0401. The van der Waals surface area contributed by atoms with Gasteiger partial charge in [0, 0.05) is 32.8 Å². The number of methoxy groups -OCH3 is 1. The Morgan fingerprint density at radius 3 is 2.34 bits per heavy atom. The van der Waals surface area contributed by atoms with Crippen molar-refractivity contribution in [2.24, 2.45) is 11.1 Å². The minimum atomic E-state index is -0.433. The van der Waals surface area contributed by atoms with Crippen molar-refractivity contribution in [3.8, 4) is 5.75 Å². The van der Waals surface area contributed by atoms with Gasteiger partial charge in [-0.15, -0.1) is 0 Å². The average Bonchev–Trinajstić information content (AvgIpc) is 2.77. The molecular weight excluding hydrogens is 370 g/mol. The number of rotatable bonds is 8. The van der Waals surface area contributed by atoms with Gasteiger partial charge in [-0.1, -0.05) is 18.2 Å². The van der Waals surface area contributed by atoms with Gasteiger partial charge in [0.15, 0.2) is 6.61 Å². The Hall–Kier alpha value is -2.12. The highest BCUT2D eigenvalue weighted by Crippen LogP contribution is 2.36. The Morgan fingerprint density at radius 2 is 1.76 bits per heavy atom. The lowest BCUT2D eigenvalue weighted by Crippen LogP contribution is -2.53. The van der Waals surface area contributed by atoms with Crippen LogP contribution in [0.1, 0.15) is 32.1 Å². The van der Waals surface area contributed by atoms with Crippen molar-refractivity contribution in [1.29, 1.82) is 0 Å². The number of hydrogen-bond acceptors (Lipinski definition) is 5. The predicted octanol–water partition coefficient (Wildman–Crippen LogP) is 1.66. The molecule has 3 rings (SSSR count). The van der Waals surface area contributed by atoms with E-state index in [-0.39, 0.29) is 18.4 Å². The highest BCUT2D eigenvalue weighted by atomic mass is 16.5. The predicted molar refractivity (Wildman–Crippen MR) is 110 cm³/mol. The number of para-hydroxylation sites is 1. The van der Waals surface area contributed by atoms with Crippen LogP contribution in [0.5, 0.6) is 5.75 Å². The molecule has 2 aliphatic rings. The summed E-state index contributed by atoms with van der Waals surface area (Å²) >= 11 is 0. The van der Waals surface area contributed by atoms with Crippen LogP contribution in [-0.2, 0) is 14.3 Å². The third kappa shape index (κ3) is 5.48. The molecule has 2 saturated heterocycles. The van der Waals surface area contributed by atoms with E-state index in [4.69, 9.17) is 15.2 Å². The molecule has 0 saturated carbocycles. The smallest absolute Gasteiger partial charge is 0.260 e. The fourth-order valence-electron chi connectivity index (χ4n) is 4.47. The van der Waals surface area contributed by atoms with Crippen LogP contribution in [0.25, 0.3) is 0 Å². The van der Waals surface area contributed by atoms with Crippen molar-refractivity contribution in [1.82, 2.24) is 9.80 Å². The molecule has 0 aliphatic carbocycles. The lowest BCUT2D eigenvalue weighted by atomic mass is 9.74. The molecule has 2 amide bonds. The lowest BCUT2D eigenvalue weighted by Gasteiger charge is -2.45. The largest absolute Gasteiger partial charge is 0.484 e. The number of likely N-dealkylation sites (tertiary alicyclic amines) is 2. The molecular formula is C22H33N3O4. The summed E-state index contributed by atoms with van der Waals surface area (Å²) in [6, 6.07) is 9.88. The van der Waals surface area contributed by atoms with E-state index >= 15 is 0 Å². The summed E-state index contributed by atoms with van der Waals surface area (Å²) in [6.07, 6.45) is 4.18. The number of carbonyl (C=O) groups is 2. The van der Waals surface area contributed by atoms with E-state index in [0.29, 0.717) is 19.1 Å². The Kier molecular flexibility index (Phi) is 7.50. The van der Waals surface area contributed by atoms with Gasteiger partial charge in [0.05, 0.1) is 5.41 Å². The van der Waals surface area contributed by atoms with Crippen LogP contribution in [0.4, 0.5) is 0 Å². The first-order valence-corrected chi connectivity index (χ1v) is 10.5. The van der Waals surface area contributed by atoms with Crippen LogP contribution >= 0.6 is 0 Å². The van der Waals surface area contributed by atoms with E-state index in [0.717, 1.165) is 57.6 Å². The maximum atomic E-state index is 12.4. The highest BCUT2D eigenvalue weighted by Gasteiger charge is 2.41. The Bertz CT molecular complexity index is 666. The van der Waals surface area contributed by atoms with E-state index in [1.807, 2.05) is 35.2 Å². The first kappa shape index (κ1) is 21.6. The zero-order chi connectivity index (χ0) is 20.7. The number of hydrogen-bond donors (Lipinski definition) is 1. The number of amides is 2. The second-order valence-electron chi connectivity index (χ2n) is 8.14. The second-order valence-corrected chi connectivity index (χ2v) is 8.14. The number of piperidine rings is 2. The van der Waals surface area contributed by atoms with Crippen molar-refractivity contribution in [3.63, 3.8) is 0 Å². The minimum Gasteiger partial charge on any atom is -0.484 e. The number of primary amides is 1. The van der Waals surface area contributed by atoms with Crippen molar-refractivity contribution >= 4 is 11.8 Å². The normalized spacial score (nSPS) is 20.4. The molecule has 29 heavy (non-hydrogen) atoms. The van der Waals surface area contributed by atoms with E-state index in [9.17, 15) is 9.59 Å². The van der Waals surface area contributed by atoms with Crippen LogP contribution < -0.4 is 10.5 Å². The molecule has 7 nitrogen and oxygen atoms in total. The van der Waals surface area contributed by atoms with Crippen molar-refractivity contribution in [2.45, 2.75) is 38.1 Å². The van der Waals surface area contributed by atoms with Crippen LogP contribution in [0.2, 0.25) is 0 Å². The first-order valence-electron chi connectivity index (χ1n) is 10.5. The van der Waals surface area contributed by atoms with E-state index in [1.165, 1.54) is 0 Å². The highest BCUT2D eigenvalue weighted by molar-refractivity contribution is 5.81. The fraction of sp³-hybridized carbons (Fsp3) is 0.636. The number of benzene rings is 1. The summed E-state index contributed by atoms with van der Waals surface area (Å²) in [5, 5.41) is 0. The molecule has 7 heteroatoms. The summed E-state index contributed by atoms with van der Waals surface area (Å²) in [6.45, 7) is 3.91. The molecule has 2 N–H and O–H groups in total. The molecule has 2 aliphatic heterocycles. The van der Waals surface area contributed by atoms with Gasteiger partial charge < -0.3 is 25.0 Å². The van der Waals surface area contributed by atoms with Gasteiger partial charge in [0.1, 0.15) is 5.75 Å². The summed E-state index contributed by atoms with van der Waals surface area (Å²) < 4.78 is 10.8. The molecule has 0 spiro atoms. The van der Waals surface area contributed by atoms with E-state index in [2.05, 4.69) is 4.90 Å². The van der Waals surface area contributed by atoms with Crippen molar-refractivity contribution in [3.05, 3.63) is 30.3 Å². The van der Waals surface area contributed by atoms with Crippen molar-refractivity contribution < 1.29 is 19.1 Å². The van der Waals surface area contributed by atoms with Gasteiger partial charge in [0.25, 0.3) is 5.91 Å². The number of nitrogens with two attached hydrogens (primary N) is 1. The third-order valence-electron chi connectivity index (χ3n) is 6.50. The Labute approximate surface area is 173 Å². The van der Waals surface area contributed by atoms with Crippen LogP contribution in [0, 0.1) is 5.41 Å². The molecule has 0 aromatic heterocycles. The molecule has 0 unspecified atom stereocenters. The third-order valence-corrected chi connectivity index (χ3v) is 6.50. The first-order chi connectivity index (χ1) is 14.0. The quantitative estimate of drug-likeness (QED) is 0.714. The lowest BCUT2D eigenvalue weighted by molar-refractivity contribution is -0.136. The molecule has 0 radical (unpaired) electrons. The summed E-state index contributed by atoms with van der Waals surface area (Å²) in [4.78, 5) is 28.8. The molecule has 0 atom stereocenters. The van der Waals surface area contributed by atoms with Crippen molar-refractivity contribution in [2.75, 3.05) is 46.5 Å². The zero-order valence-electron chi connectivity index (χ0n) is 17.3. The van der Waals surface area contributed by atoms with Crippen LogP contribution in [0.3, 0.4) is 0 Å². The molecule has 2 heterocycles. The molecule has 2 fully saturated rings. The fourth-order valence-corrected chi connectivity index (χ4v) is 4.47. The van der Waals surface area contributed by atoms with Crippen LogP contribution in [-0.4, -0.2) is 74.2 Å². The summed E-state index contributed by atoms with van der Waals surface area (Å²) in [7, 11) is 1.66. The maximum Gasteiger partial charge on any atom is 0.260 e. The average molecular weight is 404 g/mol. The number of ether oxygens (including phenoxy) is 2. The van der Waals surface area contributed by atoms with Gasteiger partial charge >= 0.3 is 0 Å². The summed E-state index contributed by atoms with van der Waals surface area (Å²) in [5.74, 6) is 0.557. The van der Waals surface area contributed by atoms with Gasteiger partial charge in [-0.3, -0.25) is 9.59 Å². The standard InChI is InChI=1S/C22H33N3O4/c1-28-16-11-22(21(23)27)9-14-24(15-10-22)18-7-12-25(13-8-18)20(26)17-29-19-5-3-2-4-6-19/h2-6,18H,7-17H2,1H3,(H2,23,27). The van der Waals surface area contributed by atoms with Gasteiger partial charge in [-0.05, 0) is 57.3 Å². The Balaban J connectivity index is 1.43. The van der Waals surface area contributed by atoms with E-state index in [1.54, 1.807) is 7.11 Å². The number of carbonyl (C=O) groups excluding carboxylic acids is 2. The van der Waals surface area contributed by atoms with Crippen LogP contribution in [0.15, 0.2) is 30.3 Å². The second kappa shape index (κ2) is 10.1. The monoisotopic (exact) mass is 403 g/mol. The van der Waals surface area contributed by atoms with E-state index < -0.39 is 5.41 Å². The van der Waals surface area contributed by atoms with Gasteiger partial charge in [0.2, 0.25) is 5.91 Å². The maximum absolute atomic E-state index is 12.4. The SMILES string of the molecule is COCCC1(C(N)=O)CCN(C2CCN(C(=O)COc3ccccc3)CC2)CC1. The van der Waals surface area contributed by atoms with Gasteiger partial charge in [-0.2, -0.15) is 0 Å². The molecule has 0 bridgehead atoms. The molecule has 1 aromatic carbocycles. The summed E-state index contributed by atoms with van der Waals surface area (Å²) in [5.41, 5.74) is 5.29. The number of nitrogens with zero attached hydrogens (tertiary/aromatic N) is 2. The zero-order valence-corrected chi connectivity index (χ0v) is 17.3. The van der Waals surface area contributed by atoms with Gasteiger partial charge in [-0.25, -0.2) is 0 Å². The molecule has 160 valence electrons. The Morgan fingerprint density at radius 1 is 1.10 bits per heavy atom. The topological polar surface area (TPSA) is 85.1 Å².